The van der Waals surface area contributed by atoms with Gasteiger partial charge in [-0.05, 0) is 48.2 Å². The van der Waals surface area contributed by atoms with E-state index < -0.39 is 5.97 Å². The second-order valence-corrected chi connectivity index (χ2v) is 6.83. The van der Waals surface area contributed by atoms with Crippen molar-refractivity contribution in [3.63, 3.8) is 0 Å². The van der Waals surface area contributed by atoms with E-state index in [9.17, 15) is 9.90 Å². The Bertz CT molecular complexity index is 905. The molecule has 0 amide bonds. The van der Waals surface area contributed by atoms with Gasteiger partial charge in [0.05, 0.1) is 13.0 Å². The maximum absolute atomic E-state index is 11.3. The van der Waals surface area contributed by atoms with Crippen LogP contribution in [0.4, 0.5) is 0 Å². The Hall–Kier alpha value is -3.08. The Kier molecular flexibility index (Phi) is 5.91. The van der Waals surface area contributed by atoms with Crippen LogP contribution >= 0.6 is 0 Å². The molecule has 0 fully saturated rings. The van der Waals surface area contributed by atoms with Gasteiger partial charge in [-0.3, -0.25) is 4.79 Å². The second kappa shape index (κ2) is 8.54. The van der Waals surface area contributed by atoms with Gasteiger partial charge >= 0.3 is 5.97 Å². The molecule has 0 aliphatic heterocycles. The van der Waals surface area contributed by atoms with Gasteiger partial charge in [-0.2, -0.15) is 0 Å². The minimum atomic E-state index is -0.933. The van der Waals surface area contributed by atoms with E-state index in [1.807, 2.05) is 48.5 Å². The minimum Gasteiger partial charge on any atom is -0.494 e. The van der Waals surface area contributed by atoms with E-state index in [1.54, 1.807) is 6.08 Å². The van der Waals surface area contributed by atoms with Crippen molar-refractivity contribution in [2.24, 2.45) is 5.92 Å². The number of carbonyl (C=O) groups is 1. The van der Waals surface area contributed by atoms with E-state index >= 15 is 0 Å². The first kappa shape index (κ1) is 18.7. The molecule has 0 spiro atoms. The number of carboxylic acids is 1. The van der Waals surface area contributed by atoms with Crippen molar-refractivity contribution in [1.82, 2.24) is 4.98 Å². The lowest BCUT2D eigenvalue weighted by Crippen LogP contribution is -2.01. The summed E-state index contributed by atoms with van der Waals surface area (Å²) in [5.41, 5.74) is 2.73. The molecule has 0 unspecified atom stereocenters. The van der Waals surface area contributed by atoms with Crippen LogP contribution in [0.25, 0.3) is 22.7 Å². The summed E-state index contributed by atoms with van der Waals surface area (Å²) in [6.07, 6.45) is 2.62. The zero-order chi connectivity index (χ0) is 19.2. The van der Waals surface area contributed by atoms with Crippen molar-refractivity contribution in [1.29, 1.82) is 0 Å². The molecule has 2 aromatic carbocycles. The normalized spacial score (nSPS) is 11.9. The highest BCUT2D eigenvalue weighted by molar-refractivity contribution is 5.90. The van der Waals surface area contributed by atoms with E-state index in [0.717, 1.165) is 17.7 Å². The number of oxazole rings is 1. The Morgan fingerprint density at radius 3 is 2.59 bits per heavy atom. The van der Waals surface area contributed by atoms with Crippen LogP contribution in [-0.4, -0.2) is 22.7 Å². The Balaban J connectivity index is 1.82. The van der Waals surface area contributed by atoms with Crippen molar-refractivity contribution < 1.29 is 19.1 Å². The number of fused-ring (bicyclic) bond motifs is 1. The number of nitrogens with zero attached hydrogens (tertiary/aromatic N) is 1. The zero-order valence-electron chi connectivity index (χ0n) is 15.5. The maximum Gasteiger partial charge on any atom is 0.308 e. The van der Waals surface area contributed by atoms with Gasteiger partial charge in [-0.15, -0.1) is 0 Å². The lowest BCUT2D eigenvalue weighted by molar-refractivity contribution is -0.135. The summed E-state index contributed by atoms with van der Waals surface area (Å²) in [5, 5.41) is 9.25. The van der Waals surface area contributed by atoms with Crippen molar-refractivity contribution in [2.75, 3.05) is 6.61 Å². The summed E-state index contributed by atoms with van der Waals surface area (Å²) in [5.74, 6) is 0.796. The molecule has 0 radical (unpaired) electrons. The number of hydrogen-bond acceptors (Lipinski definition) is 4. The van der Waals surface area contributed by atoms with Crippen LogP contribution in [0.15, 0.2) is 52.9 Å². The predicted octanol–water partition coefficient (Wildman–Crippen LogP) is 5.27. The topological polar surface area (TPSA) is 72.6 Å². The van der Waals surface area contributed by atoms with E-state index in [4.69, 9.17) is 9.15 Å². The molecule has 1 heterocycles. The molecule has 27 heavy (non-hydrogen) atoms. The lowest BCUT2D eigenvalue weighted by Gasteiger charge is -2.08. The Morgan fingerprint density at radius 2 is 1.93 bits per heavy atom. The molecule has 0 atom stereocenters. The molecule has 0 saturated heterocycles. The SMILES string of the molecule is CC(C)CCOc1ccc(C=C(CC(=O)O)c2nc3ccccc3o2)cc1. The van der Waals surface area contributed by atoms with Crippen LogP contribution in [0, 0.1) is 5.92 Å². The smallest absolute Gasteiger partial charge is 0.308 e. The molecule has 3 rings (SSSR count). The molecule has 5 heteroatoms. The van der Waals surface area contributed by atoms with Gasteiger partial charge < -0.3 is 14.3 Å². The van der Waals surface area contributed by atoms with Crippen molar-refractivity contribution in [3.8, 4) is 5.75 Å². The van der Waals surface area contributed by atoms with E-state index in [0.29, 0.717) is 35.1 Å². The third-order valence-electron chi connectivity index (χ3n) is 4.10. The van der Waals surface area contributed by atoms with E-state index in [2.05, 4.69) is 18.8 Å². The number of carboxylic acid groups (broad SMARTS) is 1. The fraction of sp³-hybridized carbons (Fsp3) is 0.273. The molecule has 1 aromatic heterocycles. The number of benzene rings is 2. The summed E-state index contributed by atoms with van der Waals surface area (Å²) >= 11 is 0. The molecule has 0 aliphatic rings. The third-order valence-corrected chi connectivity index (χ3v) is 4.10. The summed E-state index contributed by atoms with van der Waals surface area (Å²) in [7, 11) is 0. The number of ether oxygens (including phenoxy) is 1. The zero-order valence-corrected chi connectivity index (χ0v) is 15.5. The lowest BCUT2D eigenvalue weighted by atomic mass is 10.1. The standard InChI is InChI=1S/C22H23NO4/c1-15(2)11-12-26-18-9-7-16(8-10-18)13-17(14-21(24)25)22-23-19-5-3-4-6-20(19)27-22/h3-10,13,15H,11-12,14H2,1-2H3,(H,24,25). The third kappa shape index (κ3) is 5.20. The quantitative estimate of drug-likeness (QED) is 0.589. The maximum atomic E-state index is 11.3. The molecular weight excluding hydrogens is 342 g/mol. The van der Waals surface area contributed by atoms with Crippen molar-refractivity contribution in [3.05, 3.63) is 60.0 Å². The fourth-order valence-electron chi connectivity index (χ4n) is 2.63. The van der Waals surface area contributed by atoms with Gasteiger partial charge in [-0.25, -0.2) is 4.98 Å². The van der Waals surface area contributed by atoms with Crippen LogP contribution < -0.4 is 4.74 Å². The fourth-order valence-corrected chi connectivity index (χ4v) is 2.63. The number of rotatable bonds is 8. The largest absolute Gasteiger partial charge is 0.494 e. The number of aliphatic carboxylic acids is 1. The van der Waals surface area contributed by atoms with Crippen LogP contribution in [0.1, 0.15) is 38.1 Å². The van der Waals surface area contributed by atoms with Crippen LogP contribution in [0.5, 0.6) is 5.75 Å². The first-order chi connectivity index (χ1) is 13.0. The highest BCUT2D eigenvalue weighted by atomic mass is 16.5. The van der Waals surface area contributed by atoms with Crippen LogP contribution in [0.3, 0.4) is 0 Å². The molecule has 1 N–H and O–H groups in total. The van der Waals surface area contributed by atoms with Crippen molar-refractivity contribution >= 4 is 28.7 Å². The highest BCUT2D eigenvalue weighted by Gasteiger charge is 2.14. The number of aromatic nitrogens is 1. The van der Waals surface area contributed by atoms with E-state index in [1.165, 1.54) is 0 Å². The first-order valence-electron chi connectivity index (χ1n) is 9.02. The monoisotopic (exact) mass is 365 g/mol. The molecular formula is C22H23NO4. The highest BCUT2D eigenvalue weighted by Crippen LogP contribution is 2.26. The van der Waals surface area contributed by atoms with Crippen molar-refractivity contribution in [2.45, 2.75) is 26.7 Å². The van der Waals surface area contributed by atoms with Crippen LogP contribution in [0.2, 0.25) is 0 Å². The van der Waals surface area contributed by atoms with Gasteiger partial charge in [0.1, 0.15) is 11.3 Å². The Morgan fingerprint density at radius 1 is 1.19 bits per heavy atom. The van der Waals surface area contributed by atoms with Gasteiger partial charge in [-0.1, -0.05) is 38.1 Å². The molecule has 3 aromatic rings. The minimum absolute atomic E-state index is 0.167. The number of hydrogen-bond donors (Lipinski definition) is 1. The molecule has 5 nitrogen and oxygen atoms in total. The molecule has 140 valence electrons. The summed E-state index contributed by atoms with van der Waals surface area (Å²) in [6, 6.07) is 14.9. The average molecular weight is 365 g/mol. The van der Waals surface area contributed by atoms with Gasteiger partial charge in [0, 0.05) is 5.57 Å². The van der Waals surface area contributed by atoms with Gasteiger partial charge in [0.25, 0.3) is 0 Å². The molecule has 0 saturated carbocycles. The van der Waals surface area contributed by atoms with E-state index in [-0.39, 0.29) is 6.42 Å². The molecule has 0 bridgehead atoms. The summed E-state index contributed by atoms with van der Waals surface area (Å²) in [4.78, 5) is 15.7. The van der Waals surface area contributed by atoms with Gasteiger partial charge in [0.2, 0.25) is 5.89 Å². The summed E-state index contributed by atoms with van der Waals surface area (Å²) in [6.45, 7) is 5.00. The van der Waals surface area contributed by atoms with Gasteiger partial charge in [0.15, 0.2) is 5.58 Å². The second-order valence-electron chi connectivity index (χ2n) is 6.83. The average Bonchev–Trinajstić information content (AvgIpc) is 3.06. The predicted molar refractivity (Wildman–Crippen MR) is 106 cm³/mol. The summed E-state index contributed by atoms with van der Waals surface area (Å²) < 4.78 is 11.5. The molecule has 0 aliphatic carbocycles. The van der Waals surface area contributed by atoms with Crippen LogP contribution in [-0.2, 0) is 4.79 Å². The first-order valence-corrected chi connectivity index (χ1v) is 9.02. The Labute approximate surface area is 158 Å². The number of para-hydroxylation sites is 2.